The third-order valence-electron chi connectivity index (χ3n) is 4.18. The molecule has 0 bridgehead atoms. The van der Waals surface area contributed by atoms with Crippen LogP contribution in [-0.2, 0) is 11.2 Å². The van der Waals surface area contributed by atoms with Crippen LogP contribution in [0.1, 0.15) is 23.4 Å². The number of piperazine rings is 1. The minimum atomic E-state index is -0.575. The second kappa shape index (κ2) is 7.10. The van der Waals surface area contributed by atoms with Crippen molar-refractivity contribution in [1.29, 1.82) is 0 Å². The van der Waals surface area contributed by atoms with E-state index in [9.17, 15) is 4.79 Å². The fourth-order valence-electron chi connectivity index (χ4n) is 2.72. The number of hydrogen-bond donors (Lipinski definition) is 1. The van der Waals surface area contributed by atoms with E-state index in [4.69, 9.17) is 5.73 Å². The van der Waals surface area contributed by atoms with Gasteiger partial charge in [0.2, 0.25) is 5.91 Å². The third-order valence-corrected chi connectivity index (χ3v) is 5.38. The molecule has 2 aromatic rings. The molecule has 2 heterocycles. The predicted octanol–water partition coefficient (Wildman–Crippen LogP) is 2.05. The highest BCUT2D eigenvalue weighted by atomic mass is 32.1. The molecule has 1 aliphatic rings. The molecule has 1 amide bonds. The summed E-state index contributed by atoms with van der Waals surface area (Å²) in [4.78, 5) is 22.5. The van der Waals surface area contributed by atoms with Crippen LogP contribution in [0.25, 0.3) is 0 Å². The molecule has 6 heteroatoms. The van der Waals surface area contributed by atoms with E-state index in [1.807, 2.05) is 41.4 Å². The van der Waals surface area contributed by atoms with E-state index in [0.29, 0.717) is 13.1 Å². The van der Waals surface area contributed by atoms with Crippen molar-refractivity contribution in [3.8, 4) is 0 Å². The van der Waals surface area contributed by atoms with Gasteiger partial charge in [-0.05, 0) is 12.0 Å². The van der Waals surface area contributed by atoms with E-state index in [0.717, 1.165) is 30.2 Å². The average Bonchev–Trinajstić information content (AvgIpc) is 3.10. The smallest absolute Gasteiger partial charge is 0.244 e. The summed E-state index contributed by atoms with van der Waals surface area (Å²) in [5, 5.41) is 1.06. The Morgan fingerprint density at radius 2 is 1.96 bits per heavy atom. The van der Waals surface area contributed by atoms with E-state index in [-0.39, 0.29) is 5.91 Å². The van der Waals surface area contributed by atoms with Crippen molar-refractivity contribution in [3.05, 3.63) is 47.0 Å². The molecule has 0 saturated carbocycles. The topological polar surface area (TPSA) is 62.5 Å². The van der Waals surface area contributed by atoms with Crippen molar-refractivity contribution in [1.82, 2.24) is 9.88 Å². The maximum Gasteiger partial charge on any atom is 0.244 e. The zero-order valence-corrected chi connectivity index (χ0v) is 14.1. The van der Waals surface area contributed by atoms with Crippen molar-refractivity contribution in [2.45, 2.75) is 19.4 Å². The van der Waals surface area contributed by atoms with Crippen LogP contribution < -0.4 is 10.6 Å². The Morgan fingerprint density at radius 1 is 1.26 bits per heavy atom. The molecule has 23 heavy (non-hydrogen) atoms. The lowest BCUT2D eigenvalue weighted by Crippen LogP contribution is -2.51. The van der Waals surface area contributed by atoms with E-state index in [2.05, 4.69) is 16.8 Å². The predicted molar refractivity (Wildman–Crippen MR) is 93.7 cm³/mol. The van der Waals surface area contributed by atoms with Crippen LogP contribution >= 0.6 is 11.3 Å². The van der Waals surface area contributed by atoms with Crippen LogP contribution in [0.5, 0.6) is 0 Å². The Kier molecular flexibility index (Phi) is 4.93. The van der Waals surface area contributed by atoms with Crippen molar-refractivity contribution in [2.75, 3.05) is 31.1 Å². The number of benzene rings is 1. The molecule has 5 nitrogen and oxygen atoms in total. The van der Waals surface area contributed by atoms with E-state index in [1.165, 1.54) is 4.88 Å². The van der Waals surface area contributed by atoms with Crippen LogP contribution in [0.15, 0.2) is 36.5 Å². The molecule has 1 unspecified atom stereocenters. The lowest BCUT2D eigenvalue weighted by atomic mass is 10.1. The number of hydrogen-bond acceptors (Lipinski definition) is 5. The third kappa shape index (κ3) is 3.54. The largest absolute Gasteiger partial charge is 0.345 e. The number of carbonyl (C=O) groups is 1. The molecule has 1 aromatic heterocycles. The first-order chi connectivity index (χ1) is 11.2. The van der Waals surface area contributed by atoms with E-state index < -0.39 is 6.04 Å². The quantitative estimate of drug-likeness (QED) is 0.932. The van der Waals surface area contributed by atoms with Gasteiger partial charge in [-0.3, -0.25) is 4.79 Å². The maximum atomic E-state index is 12.6. The molecule has 1 saturated heterocycles. The minimum Gasteiger partial charge on any atom is -0.345 e. The summed E-state index contributed by atoms with van der Waals surface area (Å²) in [7, 11) is 0. The molecule has 1 atom stereocenters. The average molecular weight is 330 g/mol. The SMILES string of the molecule is CCc1cnc(N2CCN(C(=O)C(N)c3ccccc3)CC2)s1. The summed E-state index contributed by atoms with van der Waals surface area (Å²) in [5.74, 6) is 0.00392. The number of aryl methyl sites for hydroxylation is 1. The fourth-order valence-corrected chi connectivity index (χ4v) is 3.63. The van der Waals surface area contributed by atoms with Crippen molar-refractivity contribution < 1.29 is 4.79 Å². The summed E-state index contributed by atoms with van der Waals surface area (Å²) in [5.41, 5.74) is 6.99. The van der Waals surface area contributed by atoms with Gasteiger partial charge in [-0.2, -0.15) is 0 Å². The summed E-state index contributed by atoms with van der Waals surface area (Å²) in [6, 6.07) is 8.98. The Hall–Kier alpha value is -1.92. The van der Waals surface area contributed by atoms with Gasteiger partial charge in [0.1, 0.15) is 6.04 Å². The van der Waals surface area contributed by atoms with Crippen LogP contribution in [0.4, 0.5) is 5.13 Å². The van der Waals surface area contributed by atoms with Crippen LogP contribution in [0, 0.1) is 0 Å². The van der Waals surface area contributed by atoms with E-state index in [1.54, 1.807) is 11.3 Å². The summed E-state index contributed by atoms with van der Waals surface area (Å²) < 4.78 is 0. The molecule has 0 aliphatic carbocycles. The molecule has 3 rings (SSSR count). The fraction of sp³-hybridized carbons (Fsp3) is 0.412. The van der Waals surface area contributed by atoms with Gasteiger partial charge in [0.15, 0.2) is 5.13 Å². The minimum absolute atomic E-state index is 0.00392. The van der Waals surface area contributed by atoms with Gasteiger partial charge < -0.3 is 15.5 Å². The molecule has 0 spiro atoms. The second-order valence-corrected chi connectivity index (χ2v) is 6.76. The van der Waals surface area contributed by atoms with Gasteiger partial charge in [-0.25, -0.2) is 4.98 Å². The van der Waals surface area contributed by atoms with E-state index >= 15 is 0 Å². The summed E-state index contributed by atoms with van der Waals surface area (Å²) in [6.45, 7) is 5.15. The molecule has 1 aromatic carbocycles. The maximum absolute atomic E-state index is 12.6. The molecule has 2 N–H and O–H groups in total. The molecule has 1 aliphatic heterocycles. The number of carbonyl (C=O) groups excluding carboxylic acids is 1. The highest BCUT2D eigenvalue weighted by Crippen LogP contribution is 2.24. The van der Waals surface area contributed by atoms with Gasteiger partial charge in [0.05, 0.1) is 0 Å². The van der Waals surface area contributed by atoms with Crippen molar-refractivity contribution in [3.63, 3.8) is 0 Å². The number of anilines is 1. The lowest BCUT2D eigenvalue weighted by molar-refractivity contribution is -0.133. The Morgan fingerprint density at radius 3 is 2.57 bits per heavy atom. The lowest BCUT2D eigenvalue weighted by Gasteiger charge is -2.35. The zero-order valence-electron chi connectivity index (χ0n) is 13.3. The molecule has 0 radical (unpaired) electrons. The van der Waals surface area contributed by atoms with Crippen molar-refractivity contribution in [2.24, 2.45) is 5.73 Å². The Balaban J connectivity index is 1.59. The van der Waals surface area contributed by atoms with Gasteiger partial charge in [-0.1, -0.05) is 37.3 Å². The molecule has 122 valence electrons. The normalized spacial score (nSPS) is 16.4. The Bertz CT molecular complexity index is 650. The van der Waals surface area contributed by atoms with Gasteiger partial charge in [0, 0.05) is 37.3 Å². The number of nitrogens with two attached hydrogens (primary N) is 1. The number of rotatable bonds is 4. The van der Waals surface area contributed by atoms with Crippen LogP contribution in [-0.4, -0.2) is 42.0 Å². The summed E-state index contributed by atoms with van der Waals surface area (Å²) >= 11 is 1.74. The number of amides is 1. The first kappa shape index (κ1) is 16.0. The highest BCUT2D eigenvalue weighted by molar-refractivity contribution is 7.15. The van der Waals surface area contributed by atoms with Gasteiger partial charge in [0.25, 0.3) is 0 Å². The van der Waals surface area contributed by atoms with Gasteiger partial charge >= 0.3 is 0 Å². The van der Waals surface area contributed by atoms with Crippen LogP contribution in [0.2, 0.25) is 0 Å². The molecular weight excluding hydrogens is 308 g/mol. The summed E-state index contributed by atoms with van der Waals surface area (Å²) in [6.07, 6.45) is 2.96. The Labute approximate surface area is 140 Å². The highest BCUT2D eigenvalue weighted by Gasteiger charge is 2.27. The number of aromatic nitrogens is 1. The van der Waals surface area contributed by atoms with Crippen LogP contribution in [0.3, 0.4) is 0 Å². The molecular formula is C17H22N4OS. The van der Waals surface area contributed by atoms with Crippen molar-refractivity contribution >= 4 is 22.4 Å². The molecule has 1 fully saturated rings. The standard InChI is InChI=1S/C17H22N4OS/c1-2-14-12-19-17(23-14)21-10-8-20(9-11-21)16(22)15(18)13-6-4-3-5-7-13/h3-7,12,15H,2,8-11,18H2,1H3. The van der Waals surface area contributed by atoms with Gasteiger partial charge in [-0.15, -0.1) is 11.3 Å². The zero-order chi connectivity index (χ0) is 16.2. The first-order valence-electron chi connectivity index (χ1n) is 7.98. The first-order valence-corrected chi connectivity index (χ1v) is 8.79. The monoisotopic (exact) mass is 330 g/mol. The number of nitrogens with zero attached hydrogens (tertiary/aromatic N) is 3. The number of thiazole rings is 1. The second-order valence-electron chi connectivity index (χ2n) is 5.66.